The van der Waals surface area contributed by atoms with E-state index in [0.29, 0.717) is 26.3 Å². The van der Waals surface area contributed by atoms with E-state index in [1.54, 1.807) is 36.7 Å². The van der Waals surface area contributed by atoms with Crippen LogP contribution in [0.3, 0.4) is 0 Å². The molecule has 0 saturated carbocycles. The van der Waals surface area contributed by atoms with Crippen molar-refractivity contribution in [3.05, 3.63) is 59.7 Å². The van der Waals surface area contributed by atoms with Crippen molar-refractivity contribution in [3.63, 3.8) is 0 Å². The van der Waals surface area contributed by atoms with E-state index >= 15 is 0 Å². The average Bonchev–Trinajstić information content (AvgIpc) is 2.76. The minimum Gasteiger partial charge on any atom is -0.507 e. The molecule has 0 aliphatic rings. The summed E-state index contributed by atoms with van der Waals surface area (Å²) in [5, 5.41) is 19.3. The van der Waals surface area contributed by atoms with Gasteiger partial charge in [-0.2, -0.15) is 0 Å². The molecule has 30 heavy (non-hydrogen) atoms. The first-order chi connectivity index (χ1) is 14.8. The van der Waals surface area contributed by atoms with Gasteiger partial charge in [0.25, 0.3) is 0 Å². The Balaban J connectivity index is 1.35. The lowest BCUT2D eigenvalue weighted by atomic mass is 10.2. The SMILES string of the molecule is Oc1ccccc1C=NCCCOCCCCOCCCN=Cc1ccccc1O. The predicted octanol–water partition coefficient (Wildman–Crippen LogP) is 4.23. The van der Waals surface area contributed by atoms with Gasteiger partial charge in [-0.15, -0.1) is 0 Å². The summed E-state index contributed by atoms with van der Waals surface area (Å²) in [5.41, 5.74) is 1.47. The van der Waals surface area contributed by atoms with Gasteiger partial charge in [-0.3, -0.25) is 9.98 Å². The standard InChI is InChI=1S/C24H32N2O4/c27-23-11-3-1-9-21(23)19-25-13-7-17-29-15-5-6-16-30-18-8-14-26-20-22-10-2-4-12-24(22)28/h1-4,9-12,19-20,27-28H,5-8,13-18H2. The quantitative estimate of drug-likeness (QED) is 0.339. The molecular formula is C24H32N2O4. The highest BCUT2D eigenvalue weighted by atomic mass is 16.5. The number of phenols is 2. The Bertz CT molecular complexity index is 712. The Hall–Kier alpha value is -2.70. The van der Waals surface area contributed by atoms with Gasteiger partial charge >= 0.3 is 0 Å². The van der Waals surface area contributed by atoms with Crippen LogP contribution < -0.4 is 0 Å². The first-order valence-electron chi connectivity index (χ1n) is 10.5. The Morgan fingerprint density at radius 2 is 1.00 bits per heavy atom. The lowest BCUT2D eigenvalue weighted by molar-refractivity contribution is 0.102. The average molecular weight is 413 g/mol. The summed E-state index contributed by atoms with van der Waals surface area (Å²) >= 11 is 0. The summed E-state index contributed by atoms with van der Waals surface area (Å²) in [5.74, 6) is 0.500. The van der Waals surface area contributed by atoms with Gasteiger partial charge in [0.15, 0.2) is 0 Å². The Morgan fingerprint density at radius 3 is 1.43 bits per heavy atom. The molecule has 0 atom stereocenters. The number of hydrogen-bond donors (Lipinski definition) is 2. The smallest absolute Gasteiger partial charge is 0.124 e. The summed E-state index contributed by atoms with van der Waals surface area (Å²) in [6.45, 7) is 4.21. The first-order valence-corrected chi connectivity index (χ1v) is 10.5. The fraction of sp³-hybridized carbons (Fsp3) is 0.417. The molecule has 0 amide bonds. The summed E-state index contributed by atoms with van der Waals surface area (Å²) < 4.78 is 11.2. The molecule has 0 aliphatic carbocycles. The molecule has 0 spiro atoms. The van der Waals surface area contributed by atoms with E-state index in [9.17, 15) is 10.2 Å². The molecule has 0 radical (unpaired) electrons. The maximum Gasteiger partial charge on any atom is 0.124 e. The van der Waals surface area contributed by atoms with E-state index in [-0.39, 0.29) is 11.5 Å². The molecule has 0 bridgehead atoms. The van der Waals surface area contributed by atoms with E-state index in [4.69, 9.17) is 9.47 Å². The Kier molecular flexibility index (Phi) is 11.9. The number of aliphatic imine (C=N–C) groups is 2. The van der Waals surface area contributed by atoms with Crippen LogP contribution in [0.5, 0.6) is 11.5 Å². The first kappa shape index (κ1) is 23.6. The van der Waals surface area contributed by atoms with Gasteiger partial charge in [0.05, 0.1) is 0 Å². The zero-order valence-corrected chi connectivity index (χ0v) is 17.4. The van der Waals surface area contributed by atoms with E-state index in [1.165, 1.54) is 0 Å². The van der Waals surface area contributed by atoms with Gasteiger partial charge in [0, 0.05) is 63.1 Å². The normalized spacial score (nSPS) is 11.6. The van der Waals surface area contributed by atoms with Gasteiger partial charge in [0.1, 0.15) is 11.5 Å². The summed E-state index contributed by atoms with van der Waals surface area (Å²) in [6.07, 6.45) is 7.08. The largest absolute Gasteiger partial charge is 0.507 e. The summed E-state index contributed by atoms with van der Waals surface area (Å²) in [7, 11) is 0. The molecule has 6 heteroatoms. The second-order valence-corrected chi connectivity index (χ2v) is 6.83. The zero-order valence-electron chi connectivity index (χ0n) is 17.4. The predicted molar refractivity (Wildman–Crippen MR) is 121 cm³/mol. The van der Waals surface area contributed by atoms with Gasteiger partial charge in [-0.1, -0.05) is 24.3 Å². The highest BCUT2D eigenvalue weighted by molar-refractivity contribution is 5.83. The maximum atomic E-state index is 9.64. The van der Waals surface area contributed by atoms with Crippen molar-refractivity contribution in [2.75, 3.05) is 39.5 Å². The van der Waals surface area contributed by atoms with Crippen LogP contribution >= 0.6 is 0 Å². The third-order valence-corrected chi connectivity index (χ3v) is 4.31. The number of rotatable bonds is 15. The number of aromatic hydroxyl groups is 2. The third kappa shape index (κ3) is 10.2. The highest BCUT2D eigenvalue weighted by Crippen LogP contribution is 2.13. The van der Waals surface area contributed by atoms with E-state index < -0.39 is 0 Å². The second-order valence-electron chi connectivity index (χ2n) is 6.83. The van der Waals surface area contributed by atoms with E-state index in [2.05, 4.69) is 9.98 Å². The number of para-hydroxylation sites is 2. The van der Waals surface area contributed by atoms with Crippen LogP contribution in [0.4, 0.5) is 0 Å². The molecule has 0 aromatic heterocycles. The molecule has 2 N–H and O–H groups in total. The van der Waals surface area contributed by atoms with Crippen LogP contribution in [-0.4, -0.2) is 62.2 Å². The molecule has 0 fully saturated rings. The highest BCUT2D eigenvalue weighted by Gasteiger charge is 1.96. The number of unbranched alkanes of at least 4 members (excludes halogenated alkanes) is 1. The minimum atomic E-state index is 0.250. The maximum absolute atomic E-state index is 9.64. The van der Waals surface area contributed by atoms with Crippen molar-refractivity contribution >= 4 is 12.4 Å². The van der Waals surface area contributed by atoms with E-state index in [1.807, 2.05) is 24.3 Å². The zero-order chi connectivity index (χ0) is 21.3. The summed E-state index contributed by atoms with van der Waals surface area (Å²) in [6, 6.07) is 14.3. The van der Waals surface area contributed by atoms with Crippen LogP contribution in [-0.2, 0) is 9.47 Å². The molecular weight excluding hydrogens is 380 g/mol. The monoisotopic (exact) mass is 412 g/mol. The topological polar surface area (TPSA) is 83.6 Å². The third-order valence-electron chi connectivity index (χ3n) is 4.31. The molecule has 2 aromatic carbocycles. The summed E-state index contributed by atoms with van der Waals surface area (Å²) in [4.78, 5) is 8.61. The van der Waals surface area contributed by atoms with Crippen molar-refractivity contribution in [2.45, 2.75) is 25.7 Å². The number of phenolic OH excluding ortho intramolecular Hbond substituents is 2. The van der Waals surface area contributed by atoms with Crippen molar-refractivity contribution < 1.29 is 19.7 Å². The van der Waals surface area contributed by atoms with Crippen molar-refractivity contribution in [1.82, 2.24) is 0 Å². The Labute approximate surface area is 178 Å². The number of nitrogens with zero attached hydrogens (tertiary/aromatic N) is 2. The van der Waals surface area contributed by atoms with Gasteiger partial charge in [0.2, 0.25) is 0 Å². The fourth-order valence-electron chi connectivity index (χ4n) is 2.65. The van der Waals surface area contributed by atoms with Gasteiger partial charge < -0.3 is 19.7 Å². The van der Waals surface area contributed by atoms with Crippen LogP contribution in [0.2, 0.25) is 0 Å². The number of hydrogen-bond acceptors (Lipinski definition) is 6. The molecule has 0 heterocycles. The second kappa shape index (κ2) is 15.2. The Morgan fingerprint density at radius 1 is 0.600 bits per heavy atom. The van der Waals surface area contributed by atoms with Crippen LogP contribution in [0.25, 0.3) is 0 Å². The van der Waals surface area contributed by atoms with Gasteiger partial charge in [-0.05, 0) is 49.9 Å². The lowest BCUT2D eigenvalue weighted by Crippen LogP contribution is -2.02. The molecule has 2 rings (SSSR count). The molecule has 162 valence electrons. The van der Waals surface area contributed by atoms with Crippen molar-refractivity contribution in [2.24, 2.45) is 9.98 Å². The number of benzene rings is 2. The van der Waals surface area contributed by atoms with Crippen LogP contribution in [0.15, 0.2) is 58.5 Å². The molecule has 2 aromatic rings. The van der Waals surface area contributed by atoms with Crippen LogP contribution in [0, 0.1) is 0 Å². The molecule has 6 nitrogen and oxygen atoms in total. The van der Waals surface area contributed by atoms with Gasteiger partial charge in [-0.25, -0.2) is 0 Å². The van der Waals surface area contributed by atoms with Crippen molar-refractivity contribution in [3.8, 4) is 11.5 Å². The lowest BCUT2D eigenvalue weighted by Gasteiger charge is -2.05. The molecule has 0 unspecified atom stereocenters. The number of ether oxygens (including phenoxy) is 2. The molecule has 0 aliphatic heterocycles. The fourth-order valence-corrected chi connectivity index (χ4v) is 2.65. The minimum absolute atomic E-state index is 0.250. The van der Waals surface area contributed by atoms with Crippen molar-refractivity contribution in [1.29, 1.82) is 0 Å². The van der Waals surface area contributed by atoms with Crippen LogP contribution in [0.1, 0.15) is 36.8 Å². The van der Waals surface area contributed by atoms with E-state index in [0.717, 1.165) is 50.0 Å². The molecule has 0 saturated heterocycles.